The van der Waals surface area contributed by atoms with Gasteiger partial charge in [-0.25, -0.2) is 0 Å². The number of amides is 1. The topological polar surface area (TPSA) is 28.5 Å². The van der Waals surface area contributed by atoms with E-state index in [2.05, 4.69) is 4.90 Å². The predicted octanol–water partition coefficient (Wildman–Crippen LogP) is 4.47. The van der Waals surface area contributed by atoms with Gasteiger partial charge in [-0.15, -0.1) is 11.3 Å². The van der Waals surface area contributed by atoms with Crippen molar-refractivity contribution < 1.29 is 18.0 Å². The van der Waals surface area contributed by atoms with Gasteiger partial charge >= 0.3 is 6.18 Å². The summed E-state index contributed by atoms with van der Waals surface area (Å²) >= 11 is 1.62. The third kappa shape index (κ3) is 4.04. The molecule has 3 aromatic rings. The Bertz CT molecular complexity index is 1030. The Kier molecular flexibility index (Phi) is 5.16. The van der Waals surface area contributed by atoms with Crippen LogP contribution in [0.2, 0.25) is 0 Å². The molecule has 1 aromatic carbocycles. The lowest BCUT2D eigenvalue weighted by Crippen LogP contribution is -2.47. The van der Waals surface area contributed by atoms with Gasteiger partial charge in [0, 0.05) is 37.6 Å². The summed E-state index contributed by atoms with van der Waals surface area (Å²) in [4.78, 5) is 18.4. The van der Waals surface area contributed by atoms with Gasteiger partial charge in [-0.2, -0.15) is 13.2 Å². The Hall–Kier alpha value is -2.32. The molecule has 4 rings (SSSR count). The van der Waals surface area contributed by atoms with Gasteiger partial charge in [0.05, 0.1) is 15.8 Å². The minimum Gasteiger partial charge on any atom is -0.335 e. The number of benzene rings is 1. The summed E-state index contributed by atoms with van der Waals surface area (Å²) in [5.74, 6) is -0.0222. The number of aromatic nitrogens is 1. The number of carbonyl (C=O) groups is 1. The van der Waals surface area contributed by atoms with E-state index in [1.165, 1.54) is 12.1 Å². The molecule has 0 spiro atoms. The maximum atomic E-state index is 13.2. The molecule has 29 heavy (non-hydrogen) atoms. The highest BCUT2D eigenvalue weighted by Crippen LogP contribution is 2.32. The highest BCUT2D eigenvalue weighted by molar-refractivity contribution is 7.19. The van der Waals surface area contributed by atoms with E-state index in [0.29, 0.717) is 25.3 Å². The van der Waals surface area contributed by atoms with Crippen LogP contribution >= 0.6 is 11.3 Å². The van der Waals surface area contributed by atoms with Crippen molar-refractivity contribution in [2.45, 2.75) is 19.6 Å². The molecule has 4 nitrogen and oxygen atoms in total. The van der Waals surface area contributed by atoms with Gasteiger partial charge in [0.1, 0.15) is 5.69 Å². The molecule has 2 aromatic heterocycles. The van der Waals surface area contributed by atoms with Crippen molar-refractivity contribution in [3.8, 4) is 0 Å². The molecule has 0 N–H and O–H groups in total. The first kappa shape index (κ1) is 20.0. The molecule has 3 heterocycles. The van der Waals surface area contributed by atoms with Crippen LogP contribution in [-0.4, -0.2) is 53.5 Å². The normalized spacial score (nSPS) is 16.0. The Balaban J connectivity index is 1.67. The number of thiophene rings is 1. The number of likely N-dealkylation sites (N-methyl/N-ethyl adjacent to an activating group) is 1. The molecule has 0 bridgehead atoms. The van der Waals surface area contributed by atoms with Gasteiger partial charge in [0.15, 0.2) is 0 Å². The van der Waals surface area contributed by atoms with Crippen LogP contribution in [0.3, 0.4) is 0 Å². The van der Waals surface area contributed by atoms with E-state index >= 15 is 0 Å². The first-order valence-electron chi connectivity index (χ1n) is 9.46. The van der Waals surface area contributed by atoms with Crippen LogP contribution < -0.4 is 0 Å². The number of aryl methyl sites for hydroxylation is 1. The molecule has 0 unspecified atom stereocenters. The second-order valence-electron chi connectivity index (χ2n) is 7.51. The maximum absolute atomic E-state index is 13.2. The van der Waals surface area contributed by atoms with Crippen molar-refractivity contribution in [3.63, 3.8) is 0 Å². The molecule has 0 saturated carbocycles. The lowest BCUT2D eigenvalue weighted by atomic mass is 10.1. The van der Waals surface area contributed by atoms with Gasteiger partial charge in [-0.1, -0.05) is 12.1 Å². The number of halogens is 3. The van der Waals surface area contributed by atoms with Crippen molar-refractivity contribution in [3.05, 3.63) is 58.1 Å². The van der Waals surface area contributed by atoms with Crippen LogP contribution in [0, 0.1) is 6.92 Å². The van der Waals surface area contributed by atoms with E-state index in [0.717, 1.165) is 45.9 Å². The largest absolute Gasteiger partial charge is 0.416 e. The van der Waals surface area contributed by atoms with Gasteiger partial charge in [0.2, 0.25) is 0 Å². The minimum atomic E-state index is -4.35. The lowest BCUT2D eigenvalue weighted by Gasteiger charge is -2.32. The first-order valence-corrected chi connectivity index (χ1v) is 10.3. The molecule has 1 amide bonds. The van der Waals surface area contributed by atoms with Gasteiger partial charge in [-0.3, -0.25) is 4.79 Å². The van der Waals surface area contributed by atoms with Crippen LogP contribution in [0.4, 0.5) is 13.2 Å². The van der Waals surface area contributed by atoms with Crippen molar-refractivity contribution in [1.29, 1.82) is 0 Å². The fraction of sp³-hybridized carbons (Fsp3) is 0.381. The zero-order valence-electron chi connectivity index (χ0n) is 16.3. The van der Waals surface area contributed by atoms with E-state index in [9.17, 15) is 18.0 Å². The van der Waals surface area contributed by atoms with E-state index in [-0.39, 0.29) is 5.91 Å². The average molecular weight is 421 g/mol. The smallest absolute Gasteiger partial charge is 0.335 e. The Labute approximate surface area is 171 Å². The number of hydrogen-bond acceptors (Lipinski definition) is 3. The quantitative estimate of drug-likeness (QED) is 0.625. The van der Waals surface area contributed by atoms with E-state index in [4.69, 9.17) is 0 Å². The van der Waals surface area contributed by atoms with Crippen molar-refractivity contribution in [1.82, 2.24) is 14.4 Å². The zero-order valence-corrected chi connectivity index (χ0v) is 17.1. The van der Waals surface area contributed by atoms with Gasteiger partial charge in [-0.05, 0) is 43.8 Å². The molecule has 8 heteroatoms. The summed E-state index contributed by atoms with van der Waals surface area (Å²) in [5, 5.41) is 0. The van der Waals surface area contributed by atoms with Crippen LogP contribution in [0.15, 0.2) is 36.4 Å². The Morgan fingerprint density at radius 2 is 1.72 bits per heavy atom. The third-order valence-corrected chi connectivity index (χ3v) is 6.33. The first-order chi connectivity index (χ1) is 13.7. The summed E-state index contributed by atoms with van der Waals surface area (Å²) in [6, 6.07) is 9.10. The standard InChI is InChI=1S/C21H22F3N3OS/c1-14-11-17-19(29-14)12-18(20(28)26-9-7-25(2)8-10-26)27(17)13-15-3-5-16(6-4-15)21(22,23)24/h3-6,11-12H,7-10,13H2,1-2H3. The fourth-order valence-electron chi connectivity index (χ4n) is 3.67. The average Bonchev–Trinajstić information content (AvgIpc) is 3.18. The number of fused-ring (bicyclic) bond motifs is 1. The number of nitrogens with zero attached hydrogens (tertiary/aromatic N) is 3. The summed E-state index contributed by atoms with van der Waals surface area (Å²) in [5.41, 5.74) is 1.60. The van der Waals surface area contributed by atoms with Crippen LogP contribution in [0.1, 0.15) is 26.5 Å². The molecule has 154 valence electrons. The van der Waals surface area contributed by atoms with Gasteiger partial charge < -0.3 is 14.4 Å². The maximum Gasteiger partial charge on any atom is 0.416 e. The summed E-state index contributed by atoms with van der Waals surface area (Å²) in [6.45, 7) is 5.38. The van der Waals surface area contributed by atoms with E-state index in [1.807, 2.05) is 35.6 Å². The molecule has 0 radical (unpaired) electrons. The zero-order chi connectivity index (χ0) is 20.8. The molecule has 1 aliphatic rings. The number of hydrogen-bond donors (Lipinski definition) is 0. The monoisotopic (exact) mass is 421 g/mol. The molecule has 0 aliphatic carbocycles. The molecular weight excluding hydrogens is 399 g/mol. The van der Waals surface area contributed by atoms with Crippen molar-refractivity contribution >= 4 is 27.5 Å². The Morgan fingerprint density at radius 1 is 1.07 bits per heavy atom. The minimum absolute atomic E-state index is 0.0222. The third-order valence-electron chi connectivity index (χ3n) is 5.34. The fourth-order valence-corrected chi connectivity index (χ4v) is 4.63. The van der Waals surface area contributed by atoms with Crippen LogP contribution in [0.5, 0.6) is 0 Å². The lowest BCUT2D eigenvalue weighted by molar-refractivity contribution is -0.137. The highest BCUT2D eigenvalue weighted by Gasteiger charge is 2.30. The number of alkyl halides is 3. The van der Waals surface area contributed by atoms with E-state index in [1.54, 1.807) is 11.3 Å². The van der Waals surface area contributed by atoms with Crippen LogP contribution in [-0.2, 0) is 12.7 Å². The van der Waals surface area contributed by atoms with Gasteiger partial charge in [0.25, 0.3) is 5.91 Å². The number of carbonyl (C=O) groups excluding carboxylic acids is 1. The summed E-state index contributed by atoms with van der Waals surface area (Å²) in [6.07, 6.45) is -4.35. The van der Waals surface area contributed by atoms with Crippen LogP contribution in [0.25, 0.3) is 10.2 Å². The molecule has 0 atom stereocenters. The number of piperazine rings is 1. The predicted molar refractivity (Wildman–Crippen MR) is 108 cm³/mol. The molecule has 1 saturated heterocycles. The second kappa shape index (κ2) is 7.50. The van der Waals surface area contributed by atoms with Crippen molar-refractivity contribution in [2.75, 3.05) is 33.2 Å². The summed E-state index contributed by atoms with van der Waals surface area (Å²) in [7, 11) is 2.04. The number of rotatable bonds is 3. The summed E-state index contributed by atoms with van der Waals surface area (Å²) < 4.78 is 41.5. The van der Waals surface area contributed by atoms with E-state index < -0.39 is 11.7 Å². The Morgan fingerprint density at radius 3 is 2.34 bits per heavy atom. The molecule has 1 aliphatic heterocycles. The van der Waals surface area contributed by atoms with Crippen molar-refractivity contribution in [2.24, 2.45) is 0 Å². The second-order valence-corrected chi connectivity index (χ2v) is 8.80. The molecule has 1 fully saturated rings. The molecular formula is C21H22F3N3OS. The highest BCUT2D eigenvalue weighted by atomic mass is 32.1. The SMILES string of the molecule is Cc1cc2c(cc(C(=O)N3CCN(C)CC3)n2Cc2ccc(C(F)(F)F)cc2)s1.